The minimum atomic E-state index is -3.76. The summed E-state index contributed by atoms with van der Waals surface area (Å²) in [6.07, 6.45) is 0.607. The molecule has 0 aromatic heterocycles. The van der Waals surface area contributed by atoms with Crippen molar-refractivity contribution >= 4 is 21.8 Å². The Hall–Kier alpha value is -1.57. The lowest BCUT2D eigenvalue weighted by Gasteiger charge is -2.26. The number of para-hydroxylation sites is 1. The van der Waals surface area contributed by atoms with Gasteiger partial charge in [-0.1, -0.05) is 12.1 Å². The summed E-state index contributed by atoms with van der Waals surface area (Å²) in [7, 11) is -2.34. The first kappa shape index (κ1) is 16.3. The summed E-state index contributed by atoms with van der Waals surface area (Å²) in [4.78, 5) is 0.990. The molecule has 0 bridgehead atoms. The van der Waals surface area contributed by atoms with Crippen molar-refractivity contribution in [2.75, 3.05) is 12.9 Å². The van der Waals surface area contributed by atoms with Gasteiger partial charge in [0.15, 0.2) is 0 Å². The molecule has 122 valence electrons. The van der Waals surface area contributed by atoms with Crippen molar-refractivity contribution in [1.82, 2.24) is 4.72 Å². The molecule has 0 aliphatic carbocycles. The molecule has 1 heterocycles. The van der Waals surface area contributed by atoms with Gasteiger partial charge in [-0.3, -0.25) is 0 Å². The zero-order valence-corrected chi connectivity index (χ0v) is 14.1. The molecule has 2 aromatic rings. The van der Waals surface area contributed by atoms with Crippen LogP contribution in [0.4, 0.5) is 4.39 Å². The Bertz CT molecular complexity index is 824. The van der Waals surface area contributed by atoms with Gasteiger partial charge in [0, 0.05) is 10.9 Å². The molecule has 0 saturated heterocycles. The Morgan fingerprint density at radius 2 is 2.04 bits per heavy atom. The van der Waals surface area contributed by atoms with Gasteiger partial charge in [0.25, 0.3) is 0 Å². The number of methoxy groups -OCH3 is 1. The fraction of sp³-hybridized carbons (Fsp3) is 0.250. The van der Waals surface area contributed by atoms with Gasteiger partial charge in [-0.15, -0.1) is 11.8 Å². The predicted molar refractivity (Wildman–Crippen MR) is 87.8 cm³/mol. The van der Waals surface area contributed by atoms with Gasteiger partial charge in [0.05, 0.1) is 7.11 Å². The van der Waals surface area contributed by atoms with Gasteiger partial charge in [0.2, 0.25) is 10.0 Å². The van der Waals surface area contributed by atoms with E-state index in [2.05, 4.69) is 4.72 Å². The summed E-state index contributed by atoms with van der Waals surface area (Å²) in [5.74, 6) is 0.690. The average molecular weight is 353 g/mol. The van der Waals surface area contributed by atoms with Crippen LogP contribution in [0.1, 0.15) is 18.0 Å². The molecule has 0 radical (unpaired) electrons. The number of fused-ring (bicyclic) bond motifs is 1. The molecule has 23 heavy (non-hydrogen) atoms. The van der Waals surface area contributed by atoms with E-state index in [1.165, 1.54) is 25.3 Å². The number of halogens is 1. The number of hydrogen-bond acceptors (Lipinski definition) is 4. The Labute approximate surface area is 139 Å². The monoisotopic (exact) mass is 353 g/mol. The van der Waals surface area contributed by atoms with Gasteiger partial charge in [-0.05, 0) is 48.1 Å². The third-order valence-corrected chi connectivity index (χ3v) is 6.30. The van der Waals surface area contributed by atoms with Gasteiger partial charge >= 0.3 is 0 Å². The third kappa shape index (κ3) is 3.36. The molecule has 4 nitrogen and oxygen atoms in total. The molecule has 0 spiro atoms. The first-order valence-electron chi connectivity index (χ1n) is 7.09. The van der Waals surface area contributed by atoms with Gasteiger partial charge < -0.3 is 4.74 Å². The van der Waals surface area contributed by atoms with Crippen molar-refractivity contribution in [1.29, 1.82) is 0 Å². The summed E-state index contributed by atoms with van der Waals surface area (Å²) in [5.41, 5.74) is 0.680. The molecular weight excluding hydrogens is 337 g/mol. The summed E-state index contributed by atoms with van der Waals surface area (Å²) in [5, 5.41) is 0. The number of ether oxygens (including phenoxy) is 1. The molecule has 7 heteroatoms. The first-order valence-corrected chi connectivity index (χ1v) is 9.56. The highest BCUT2D eigenvalue weighted by Crippen LogP contribution is 2.37. The van der Waals surface area contributed by atoms with Crippen molar-refractivity contribution < 1.29 is 17.5 Å². The zero-order chi connectivity index (χ0) is 16.4. The normalized spacial score (nSPS) is 17.6. The maximum Gasteiger partial charge on any atom is 0.244 e. The van der Waals surface area contributed by atoms with Crippen LogP contribution in [0.2, 0.25) is 0 Å². The van der Waals surface area contributed by atoms with E-state index < -0.39 is 16.1 Å². The summed E-state index contributed by atoms with van der Waals surface area (Å²) in [6, 6.07) is 10.5. The molecular formula is C16H16FNO3S2. The molecule has 2 aromatic carbocycles. The number of rotatable bonds is 4. The van der Waals surface area contributed by atoms with E-state index in [1.807, 2.05) is 0 Å². The molecule has 0 amide bonds. The van der Waals surface area contributed by atoms with Crippen LogP contribution in [0.5, 0.6) is 5.75 Å². The van der Waals surface area contributed by atoms with Crippen LogP contribution in [0.25, 0.3) is 0 Å². The van der Waals surface area contributed by atoms with Crippen molar-refractivity contribution in [2.45, 2.75) is 22.3 Å². The Morgan fingerprint density at radius 1 is 1.26 bits per heavy atom. The second-order valence-corrected chi connectivity index (χ2v) is 7.96. The Morgan fingerprint density at radius 3 is 2.83 bits per heavy atom. The fourth-order valence-electron chi connectivity index (χ4n) is 2.58. The topological polar surface area (TPSA) is 55.4 Å². The SMILES string of the molecule is COc1ccccc1S(=O)(=O)NC1CCSc2ccc(F)cc21. The Balaban J connectivity index is 1.95. The van der Waals surface area contributed by atoms with E-state index in [4.69, 9.17) is 4.74 Å². The van der Waals surface area contributed by atoms with Crippen LogP contribution in [-0.4, -0.2) is 21.3 Å². The number of sulfonamides is 1. The van der Waals surface area contributed by atoms with E-state index in [0.717, 1.165) is 10.6 Å². The predicted octanol–water partition coefficient (Wildman–Crippen LogP) is 3.35. The highest BCUT2D eigenvalue weighted by Gasteiger charge is 2.28. The van der Waals surface area contributed by atoms with Crippen LogP contribution in [-0.2, 0) is 10.0 Å². The number of hydrogen-bond donors (Lipinski definition) is 1. The van der Waals surface area contributed by atoms with Crippen LogP contribution in [0, 0.1) is 5.82 Å². The second-order valence-electron chi connectivity index (χ2n) is 5.14. The van der Waals surface area contributed by atoms with E-state index >= 15 is 0 Å². The van der Waals surface area contributed by atoms with E-state index in [9.17, 15) is 12.8 Å². The summed E-state index contributed by atoms with van der Waals surface area (Å²) in [6.45, 7) is 0. The molecule has 0 fully saturated rings. The lowest BCUT2D eigenvalue weighted by atomic mass is 10.0. The third-order valence-electron chi connectivity index (χ3n) is 3.67. The van der Waals surface area contributed by atoms with Crippen molar-refractivity contribution in [3.63, 3.8) is 0 Å². The number of benzene rings is 2. The van der Waals surface area contributed by atoms with Crippen molar-refractivity contribution in [2.24, 2.45) is 0 Å². The summed E-state index contributed by atoms with van der Waals surface area (Å²) >= 11 is 1.60. The van der Waals surface area contributed by atoms with Gasteiger partial charge in [-0.2, -0.15) is 0 Å². The maximum absolute atomic E-state index is 13.5. The first-order chi connectivity index (χ1) is 11.0. The summed E-state index contributed by atoms with van der Waals surface area (Å²) < 4.78 is 46.7. The average Bonchev–Trinajstić information content (AvgIpc) is 2.55. The largest absolute Gasteiger partial charge is 0.495 e. The lowest BCUT2D eigenvalue weighted by Crippen LogP contribution is -2.31. The highest BCUT2D eigenvalue weighted by molar-refractivity contribution is 7.99. The quantitative estimate of drug-likeness (QED) is 0.916. The van der Waals surface area contributed by atoms with Gasteiger partial charge in [-0.25, -0.2) is 17.5 Å². The van der Waals surface area contributed by atoms with Gasteiger partial charge in [0.1, 0.15) is 16.5 Å². The van der Waals surface area contributed by atoms with E-state index in [-0.39, 0.29) is 16.5 Å². The molecule has 1 aliphatic heterocycles. The number of thioether (sulfide) groups is 1. The van der Waals surface area contributed by atoms with Crippen molar-refractivity contribution in [3.8, 4) is 5.75 Å². The minimum Gasteiger partial charge on any atom is -0.495 e. The molecule has 3 rings (SSSR count). The maximum atomic E-state index is 13.5. The van der Waals surface area contributed by atoms with Crippen LogP contribution >= 0.6 is 11.8 Å². The fourth-order valence-corrected chi connectivity index (χ4v) is 5.11. The van der Waals surface area contributed by atoms with E-state index in [1.54, 1.807) is 36.0 Å². The van der Waals surface area contributed by atoms with Crippen LogP contribution < -0.4 is 9.46 Å². The lowest BCUT2D eigenvalue weighted by molar-refractivity contribution is 0.402. The zero-order valence-electron chi connectivity index (χ0n) is 12.5. The standard InChI is InChI=1S/C16H16FNO3S2/c1-21-14-4-2-3-5-16(14)23(19,20)18-13-8-9-22-15-7-6-11(17)10-12(13)15/h2-7,10,13,18H,8-9H2,1H3. The van der Waals surface area contributed by atoms with Crippen LogP contribution in [0.15, 0.2) is 52.3 Å². The second kappa shape index (κ2) is 6.51. The Kier molecular flexibility index (Phi) is 4.61. The van der Waals surface area contributed by atoms with Crippen molar-refractivity contribution in [3.05, 3.63) is 53.8 Å². The molecule has 1 atom stereocenters. The smallest absolute Gasteiger partial charge is 0.244 e. The highest BCUT2D eigenvalue weighted by atomic mass is 32.2. The molecule has 1 unspecified atom stereocenters. The molecule has 1 N–H and O–H groups in total. The number of nitrogens with one attached hydrogen (secondary N) is 1. The van der Waals surface area contributed by atoms with E-state index in [0.29, 0.717) is 12.0 Å². The minimum absolute atomic E-state index is 0.0821. The molecule has 1 aliphatic rings. The molecule has 0 saturated carbocycles. The van der Waals surface area contributed by atoms with Crippen LogP contribution in [0.3, 0.4) is 0 Å².